The molecule has 2 heterocycles. The summed E-state index contributed by atoms with van der Waals surface area (Å²) in [6.45, 7) is 2.31. The van der Waals surface area contributed by atoms with Crippen molar-refractivity contribution in [3.05, 3.63) is 35.4 Å². The molecule has 1 aromatic rings. The largest absolute Gasteiger partial charge is 0.453 e. The lowest BCUT2D eigenvalue weighted by Crippen LogP contribution is -2.53. The molecule has 0 atom stereocenters. The summed E-state index contributed by atoms with van der Waals surface area (Å²) in [5.41, 5.74) is 0.852. The Morgan fingerprint density at radius 2 is 1.56 bits per heavy atom. The topological polar surface area (TPSA) is 99.3 Å². The van der Waals surface area contributed by atoms with Gasteiger partial charge in [0.2, 0.25) is 0 Å². The van der Waals surface area contributed by atoms with Crippen LogP contribution in [0.1, 0.15) is 27.1 Å². The summed E-state index contributed by atoms with van der Waals surface area (Å²) < 4.78 is 4.66. The highest BCUT2D eigenvalue weighted by Gasteiger charge is 2.34. The van der Waals surface area contributed by atoms with Gasteiger partial charge in [-0.25, -0.2) is 9.59 Å². The molecule has 27 heavy (non-hydrogen) atoms. The SMILES string of the molecule is COC(=O)N1CCN(C(=O)NCCCN2C(=O)c3ccccc3C2=O)CC1. The second-order valence-corrected chi connectivity index (χ2v) is 6.34. The molecule has 5 amide bonds. The molecule has 2 aliphatic rings. The number of amides is 5. The molecule has 0 aromatic heterocycles. The van der Waals surface area contributed by atoms with Crippen molar-refractivity contribution in [1.29, 1.82) is 0 Å². The van der Waals surface area contributed by atoms with E-state index in [0.717, 1.165) is 0 Å². The Morgan fingerprint density at radius 1 is 1.00 bits per heavy atom. The van der Waals surface area contributed by atoms with Gasteiger partial charge in [0.05, 0.1) is 18.2 Å². The van der Waals surface area contributed by atoms with Crippen molar-refractivity contribution >= 4 is 23.9 Å². The van der Waals surface area contributed by atoms with Crippen LogP contribution in [-0.2, 0) is 4.74 Å². The van der Waals surface area contributed by atoms with Crippen molar-refractivity contribution in [1.82, 2.24) is 20.0 Å². The van der Waals surface area contributed by atoms with Gasteiger partial charge in [-0.1, -0.05) is 12.1 Å². The van der Waals surface area contributed by atoms with E-state index in [0.29, 0.717) is 50.3 Å². The zero-order valence-corrected chi connectivity index (χ0v) is 15.1. The van der Waals surface area contributed by atoms with E-state index in [4.69, 9.17) is 0 Å². The average Bonchev–Trinajstić information content (AvgIpc) is 2.95. The first-order valence-electron chi connectivity index (χ1n) is 8.84. The number of carbonyl (C=O) groups is 4. The minimum atomic E-state index is -0.393. The Morgan fingerprint density at radius 3 is 2.11 bits per heavy atom. The number of piperazine rings is 1. The molecule has 1 fully saturated rings. The predicted molar refractivity (Wildman–Crippen MR) is 95.4 cm³/mol. The predicted octanol–water partition coefficient (Wildman–Crippen LogP) is 0.766. The number of imide groups is 1. The Kier molecular flexibility index (Phi) is 5.58. The molecule has 0 aliphatic carbocycles. The fraction of sp³-hybridized carbons (Fsp3) is 0.444. The highest BCUT2D eigenvalue weighted by atomic mass is 16.5. The number of ether oxygens (including phenoxy) is 1. The van der Waals surface area contributed by atoms with Crippen LogP contribution < -0.4 is 5.32 Å². The van der Waals surface area contributed by atoms with Crippen LogP contribution in [0, 0.1) is 0 Å². The van der Waals surface area contributed by atoms with Gasteiger partial charge in [-0.3, -0.25) is 14.5 Å². The highest BCUT2D eigenvalue weighted by molar-refractivity contribution is 6.21. The summed E-state index contributed by atoms with van der Waals surface area (Å²) in [5.74, 6) is -0.582. The van der Waals surface area contributed by atoms with E-state index in [9.17, 15) is 19.2 Å². The van der Waals surface area contributed by atoms with Gasteiger partial charge in [-0.15, -0.1) is 0 Å². The van der Waals surface area contributed by atoms with Crippen LogP contribution in [-0.4, -0.2) is 85.0 Å². The molecule has 0 radical (unpaired) electrons. The fourth-order valence-electron chi connectivity index (χ4n) is 3.21. The number of nitrogens with one attached hydrogen (secondary N) is 1. The van der Waals surface area contributed by atoms with E-state index in [1.165, 1.54) is 12.0 Å². The van der Waals surface area contributed by atoms with Gasteiger partial charge in [0.25, 0.3) is 11.8 Å². The molecule has 1 saturated heterocycles. The van der Waals surface area contributed by atoms with E-state index >= 15 is 0 Å². The molecule has 3 rings (SSSR count). The summed E-state index contributed by atoms with van der Waals surface area (Å²) in [4.78, 5) is 52.5. The number of fused-ring (bicyclic) bond motifs is 1. The lowest BCUT2D eigenvalue weighted by Gasteiger charge is -2.33. The smallest absolute Gasteiger partial charge is 0.409 e. The third kappa shape index (κ3) is 3.86. The summed E-state index contributed by atoms with van der Waals surface area (Å²) in [6.07, 6.45) is 0.0790. The number of carbonyl (C=O) groups excluding carboxylic acids is 4. The van der Waals surface area contributed by atoms with Crippen molar-refractivity contribution < 1.29 is 23.9 Å². The Hall–Kier alpha value is -3.10. The first kappa shape index (κ1) is 18.7. The molecule has 9 nitrogen and oxygen atoms in total. The maximum atomic E-state index is 12.3. The lowest BCUT2D eigenvalue weighted by atomic mass is 10.1. The third-order valence-corrected chi connectivity index (χ3v) is 4.71. The maximum absolute atomic E-state index is 12.3. The van der Waals surface area contributed by atoms with Crippen LogP contribution in [0.25, 0.3) is 0 Å². The van der Waals surface area contributed by atoms with Crippen LogP contribution >= 0.6 is 0 Å². The molecule has 0 bridgehead atoms. The zero-order valence-electron chi connectivity index (χ0n) is 15.1. The monoisotopic (exact) mass is 374 g/mol. The lowest BCUT2D eigenvalue weighted by molar-refractivity contribution is 0.0652. The number of methoxy groups -OCH3 is 1. The minimum absolute atomic E-state index is 0.220. The van der Waals surface area contributed by atoms with Gasteiger partial charge in [0.1, 0.15) is 0 Å². The van der Waals surface area contributed by atoms with E-state index in [1.54, 1.807) is 34.1 Å². The molecule has 2 aliphatic heterocycles. The normalized spacial score (nSPS) is 16.4. The second-order valence-electron chi connectivity index (χ2n) is 6.34. The summed E-state index contributed by atoms with van der Waals surface area (Å²) in [6, 6.07) is 6.53. The van der Waals surface area contributed by atoms with Crippen LogP contribution in [0.3, 0.4) is 0 Å². The fourth-order valence-corrected chi connectivity index (χ4v) is 3.21. The van der Waals surface area contributed by atoms with Gasteiger partial charge in [-0.05, 0) is 18.6 Å². The Bertz CT molecular complexity index is 723. The number of nitrogens with zero attached hydrogens (tertiary/aromatic N) is 3. The Labute approximate surface area is 156 Å². The molecule has 144 valence electrons. The quantitative estimate of drug-likeness (QED) is 0.620. The number of hydrogen-bond donors (Lipinski definition) is 1. The van der Waals surface area contributed by atoms with Crippen molar-refractivity contribution in [2.45, 2.75) is 6.42 Å². The van der Waals surface area contributed by atoms with Crippen LogP contribution in [0.15, 0.2) is 24.3 Å². The van der Waals surface area contributed by atoms with Crippen LogP contribution in [0.4, 0.5) is 9.59 Å². The van der Waals surface area contributed by atoms with Crippen molar-refractivity contribution in [3.63, 3.8) is 0 Å². The van der Waals surface area contributed by atoms with Gasteiger partial charge >= 0.3 is 12.1 Å². The summed E-state index contributed by atoms with van der Waals surface area (Å²) >= 11 is 0. The minimum Gasteiger partial charge on any atom is -0.453 e. The van der Waals surface area contributed by atoms with Crippen molar-refractivity contribution in [2.24, 2.45) is 0 Å². The van der Waals surface area contributed by atoms with Gasteiger partial charge < -0.3 is 19.9 Å². The third-order valence-electron chi connectivity index (χ3n) is 4.71. The second kappa shape index (κ2) is 8.07. The van der Waals surface area contributed by atoms with Crippen LogP contribution in [0.5, 0.6) is 0 Å². The average molecular weight is 374 g/mol. The number of rotatable bonds is 4. The summed E-state index contributed by atoms with van der Waals surface area (Å²) in [5, 5.41) is 2.79. The highest BCUT2D eigenvalue weighted by Crippen LogP contribution is 2.22. The van der Waals surface area contributed by atoms with Gasteiger partial charge in [0, 0.05) is 39.3 Å². The number of urea groups is 1. The molecular weight excluding hydrogens is 352 g/mol. The van der Waals surface area contributed by atoms with E-state index < -0.39 is 6.09 Å². The first-order chi connectivity index (χ1) is 13.0. The molecule has 1 N–H and O–H groups in total. The van der Waals surface area contributed by atoms with Crippen molar-refractivity contribution in [3.8, 4) is 0 Å². The zero-order chi connectivity index (χ0) is 19.4. The van der Waals surface area contributed by atoms with Gasteiger partial charge in [-0.2, -0.15) is 0 Å². The summed E-state index contributed by atoms with van der Waals surface area (Å²) in [7, 11) is 1.33. The first-order valence-corrected chi connectivity index (χ1v) is 8.84. The molecule has 0 unspecified atom stereocenters. The number of hydrogen-bond acceptors (Lipinski definition) is 5. The van der Waals surface area contributed by atoms with E-state index in [1.807, 2.05) is 0 Å². The molecule has 9 heteroatoms. The molecule has 1 aromatic carbocycles. The molecule has 0 saturated carbocycles. The van der Waals surface area contributed by atoms with Crippen molar-refractivity contribution in [2.75, 3.05) is 46.4 Å². The molecular formula is C18H22N4O5. The van der Waals surface area contributed by atoms with Crippen LogP contribution in [0.2, 0.25) is 0 Å². The molecule has 0 spiro atoms. The van der Waals surface area contributed by atoms with E-state index in [2.05, 4.69) is 10.1 Å². The standard InChI is InChI=1S/C18H22N4O5/c1-27-18(26)21-11-9-20(10-12-21)17(25)19-7-4-8-22-15(23)13-5-2-3-6-14(13)16(22)24/h2-3,5-6H,4,7-12H2,1H3,(H,19,25). The van der Waals surface area contributed by atoms with E-state index in [-0.39, 0.29) is 24.4 Å². The van der Waals surface area contributed by atoms with Gasteiger partial charge in [0.15, 0.2) is 0 Å². The maximum Gasteiger partial charge on any atom is 0.409 e. The Balaban J connectivity index is 1.40. The number of benzene rings is 1.